The molecule has 0 amide bonds. The number of aryl methyl sites for hydroxylation is 2. The molecule has 0 bridgehead atoms. The summed E-state index contributed by atoms with van der Waals surface area (Å²) < 4.78 is 14.2. The van der Waals surface area contributed by atoms with Crippen molar-refractivity contribution in [3.05, 3.63) is 42.1 Å². The number of aromatic nitrogens is 3. The molecule has 0 aliphatic carbocycles. The van der Waals surface area contributed by atoms with E-state index in [4.69, 9.17) is 9.47 Å². The Hall–Kier alpha value is -1.92. The Morgan fingerprint density at radius 3 is 2.77 bits per heavy atom. The molecule has 4 heterocycles. The van der Waals surface area contributed by atoms with Gasteiger partial charge in [0, 0.05) is 63.9 Å². The Balaban J connectivity index is 1.29. The van der Waals surface area contributed by atoms with Gasteiger partial charge in [0.15, 0.2) is 0 Å². The molecule has 2 aromatic heterocycles. The summed E-state index contributed by atoms with van der Waals surface area (Å²) >= 11 is 0. The molecule has 0 spiro atoms. The van der Waals surface area contributed by atoms with Crippen LogP contribution in [0.1, 0.15) is 36.8 Å². The summed E-state index contributed by atoms with van der Waals surface area (Å²) in [6.45, 7) is 6.12. The number of rotatable bonds is 5. The van der Waals surface area contributed by atoms with E-state index >= 15 is 0 Å². The first kappa shape index (κ1) is 17.5. The van der Waals surface area contributed by atoms with Gasteiger partial charge in [-0.05, 0) is 37.8 Å². The normalized spacial score (nSPS) is 24.8. The summed E-state index contributed by atoms with van der Waals surface area (Å²) in [4.78, 5) is 11.4. The van der Waals surface area contributed by atoms with E-state index in [0.29, 0.717) is 5.92 Å². The second-order valence-electron chi connectivity index (χ2n) is 7.53. The van der Waals surface area contributed by atoms with Crippen molar-refractivity contribution in [1.29, 1.82) is 0 Å². The van der Waals surface area contributed by atoms with Crippen LogP contribution in [0.3, 0.4) is 0 Å². The Bertz CT molecular complexity index is 724. The summed E-state index contributed by atoms with van der Waals surface area (Å²) in [7, 11) is 2.04. The summed E-state index contributed by atoms with van der Waals surface area (Å²) in [6.07, 6.45) is 9.28. The quantitative estimate of drug-likeness (QED) is 0.824. The molecule has 6 heteroatoms. The molecule has 0 aromatic carbocycles. The van der Waals surface area contributed by atoms with E-state index in [1.54, 1.807) is 0 Å². The van der Waals surface area contributed by atoms with E-state index in [1.807, 2.05) is 37.8 Å². The highest BCUT2D eigenvalue weighted by atomic mass is 16.5. The second kappa shape index (κ2) is 7.76. The molecule has 2 aliphatic heterocycles. The largest absolute Gasteiger partial charge is 0.474 e. The van der Waals surface area contributed by atoms with E-state index in [1.165, 1.54) is 5.56 Å². The van der Waals surface area contributed by atoms with Crippen molar-refractivity contribution in [2.24, 2.45) is 13.0 Å². The summed E-state index contributed by atoms with van der Waals surface area (Å²) in [5.74, 6) is 2.32. The highest BCUT2D eigenvalue weighted by Gasteiger charge is 2.34. The molecule has 2 atom stereocenters. The molecule has 4 rings (SSSR count). The van der Waals surface area contributed by atoms with E-state index < -0.39 is 0 Å². The summed E-state index contributed by atoms with van der Waals surface area (Å²) in [5, 5.41) is 0. The lowest BCUT2D eigenvalue weighted by molar-refractivity contribution is 0.0522. The molecule has 0 saturated carbocycles. The second-order valence-corrected chi connectivity index (χ2v) is 7.53. The molecular weight excluding hydrogens is 328 g/mol. The van der Waals surface area contributed by atoms with Gasteiger partial charge in [0.2, 0.25) is 5.88 Å². The number of hydrogen-bond acceptors (Lipinski definition) is 5. The van der Waals surface area contributed by atoms with Crippen molar-refractivity contribution in [2.45, 2.75) is 38.4 Å². The van der Waals surface area contributed by atoms with Gasteiger partial charge in [-0.2, -0.15) is 0 Å². The average molecular weight is 356 g/mol. The minimum atomic E-state index is 0.125. The predicted octanol–water partition coefficient (Wildman–Crippen LogP) is 2.74. The number of hydrogen-bond donors (Lipinski definition) is 0. The molecule has 6 nitrogen and oxygen atoms in total. The highest BCUT2D eigenvalue weighted by molar-refractivity contribution is 5.19. The fraction of sp³-hybridized carbons (Fsp3) is 0.600. The third-order valence-corrected chi connectivity index (χ3v) is 5.53. The van der Waals surface area contributed by atoms with Crippen molar-refractivity contribution in [1.82, 2.24) is 19.4 Å². The maximum absolute atomic E-state index is 6.07. The van der Waals surface area contributed by atoms with Crippen LogP contribution in [0, 0.1) is 12.8 Å². The first-order valence-electron chi connectivity index (χ1n) is 9.59. The third kappa shape index (κ3) is 3.91. The lowest BCUT2D eigenvalue weighted by Crippen LogP contribution is -2.41. The Kier molecular flexibility index (Phi) is 5.22. The maximum Gasteiger partial charge on any atom is 0.213 e. The van der Waals surface area contributed by atoms with Crippen LogP contribution in [-0.2, 0) is 11.8 Å². The van der Waals surface area contributed by atoms with Gasteiger partial charge in [0.1, 0.15) is 18.0 Å². The molecule has 0 N–H and O–H groups in total. The van der Waals surface area contributed by atoms with Gasteiger partial charge >= 0.3 is 0 Å². The minimum Gasteiger partial charge on any atom is -0.474 e. The van der Waals surface area contributed by atoms with Crippen LogP contribution in [0.15, 0.2) is 30.7 Å². The Morgan fingerprint density at radius 1 is 1.19 bits per heavy atom. The van der Waals surface area contributed by atoms with Crippen LogP contribution in [0.2, 0.25) is 0 Å². The molecule has 0 unspecified atom stereocenters. The smallest absolute Gasteiger partial charge is 0.213 e. The van der Waals surface area contributed by atoms with Gasteiger partial charge in [-0.15, -0.1) is 0 Å². The molecule has 140 valence electrons. The highest BCUT2D eigenvalue weighted by Crippen LogP contribution is 2.34. The summed E-state index contributed by atoms with van der Waals surface area (Å²) in [6, 6.07) is 4.01. The number of ether oxygens (including phenoxy) is 2. The predicted molar refractivity (Wildman–Crippen MR) is 99.1 cm³/mol. The molecular formula is C20H28N4O2. The number of imidazole rings is 1. The SMILES string of the molecule is Cc1ccnc(OC2CCN(C[C@@H]3CCO[C@H]3c3nccn3C)CC2)c1. The van der Waals surface area contributed by atoms with Gasteiger partial charge in [0.05, 0.1) is 0 Å². The number of piperidine rings is 1. The van der Waals surface area contributed by atoms with Gasteiger partial charge in [-0.3, -0.25) is 0 Å². The zero-order valence-corrected chi connectivity index (χ0v) is 15.7. The first-order chi connectivity index (χ1) is 12.7. The van der Waals surface area contributed by atoms with Crippen LogP contribution in [0.4, 0.5) is 0 Å². The number of nitrogens with zero attached hydrogens (tertiary/aromatic N) is 4. The summed E-state index contributed by atoms with van der Waals surface area (Å²) in [5.41, 5.74) is 1.19. The Morgan fingerprint density at radius 2 is 2.04 bits per heavy atom. The van der Waals surface area contributed by atoms with Crippen LogP contribution >= 0.6 is 0 Å². The first-order valence-corrected chi connectivity index (χ1v) is 9.59. The van der Waals surface area contributed by atoms with Gasteiger partial charge in [0.25, 0.3) is 0 Å². The van der Waals surface area contributed by atoms with Crippen molar-refractivity contribution < 1.29 is 9.47 Å². The van der Waals surface area contributed by atoms with Gasteiger partial charge in [-0.25, -0.2) is 9.97 Å². The molecule has 26 heavy (non-hydrogen) atoms. The van der Waals surface area contributed by atoms with E-state index in [2.05, 4.69) is 26.4 Å². The van der Waals surface area contributed by atoms with E-state index in [-0.39, 0.29) is 12.2 Å². The monoisotopic (exact) mass is 356 g/mol. The Labute approximate surface area is 155 Å². The van der Waals surface area contributed by atoms with Crippen molar-refractivity contribution >= 4 is 0 Å². The minimum absolute atomic E-state index is 0.125. The molecule has 2 aromatic rings. The standard InChI is InChI=1S/C20H28N4O2/c1-15-3-7-21-18(13-15)26-17-4-9-24(10-5-17)14-16-6-12-25-19(16)20-22-8-11-23(20)2/h3,7-8,11,13,16-17,19H,4-6,9-10,12,14H2,1-2H3/t16-,19+/m0/s1. The van der Waals surface area contributed by atoms with Crippen molar-refractivity contribution in [2.75, 3.05) is 26.2 Å². The van der Waals surface area contributed by atoms with E-state index in [0.717, 1.165) is 57.2 Å². The van der Waals surface area contributed by atoms with Gasteiger partial charge in [-0.1, -0.05) is 0 Å². The maximum atomic E-state index is 6.07. The third-order valence-electron chi connectivity index (χ3n) is 5.53. The fourth-order valence-electron chi connectivity index (χ4n) is 4.04. The van der Waals surface area contributed by atoms with Crippen molar-refractivity contribution in [3.63, 3.8) is 0 Å². The molecule has 0 radical (unpaired) electrons. The topological polar surface area (TPSA) is 52.4 Å². The lowest BCUT2D eigenvalue weighted by atomic mass is 9.98. The van der Waals surface area contributed by atoms with Crippen LogP contribution in [0.25, 0.3) is 0 Å². The number of pyridine rings is 1. The fourth-order valence-corrected chi connectivity index (χ4v) is 4.04. The van der Waals surface area contributed by atoms with Crippen molar-refractivity contribution in [3.8, 4) is 5.88 Å². The molecule has 2 saturated heterocycles. The zero-order chi connectivity index (χ0) is 17.9. The zero-order valence-electron chi connectivity index (χ0n) is 15.7. The number of likely N-dealkylation sites (tertiary alicyclic amines) is 1. The van der Waals surface area contributed by atoms with Gasteiger partial charge < -0.3 is 18.9 Å². The van der Waals surface area contributed by atoms with Crippen LogP contribution in [-0.4, -0.2) is 51.8 Å². The van der Waals surface area contributed by atoms with E-state index in [9.17, 15) is 0 Å². The van der Waals surface area contributed by atoms with Crippen LogP contribution in [0.5, 0.6) is 5.88 Å². The molecule has 2 aliphatic rings. The van der Waals surface area contributed by atoms with Crippen LogP contribution < -0.4 is 4.74 Å². The molecule has 2 fully saturated rings. The average Bonchev–Trinajstić information content (AvgIpc) is 3.25. The lowest BCUT2D eigenvalue weighted by Gasteiger charge is -2.34.